The van der Waals surface area contributed by atoms with Crippen LogP contribution in [0, 0.1) is 0 Å². The van der Waals surface area contributed by atoms with Crippen molar-refractivity contribution in [1.82, 2.24) is 16.0 Å². The second-order valence-electron chi connectivity index (χ2n) is 8.64. The first-order valence-corrected chi connectivity index (χ1v) is 13.0. The van der Waals surface area contributed by atoms with E-state index in [2.05, 4.69) is 16.0 Å². The molecule has 34 heavy (non-hydrogen) atoms. The van der Waals surface area contributed by atoms with Gasteiger partial charge < -0.3 is 32.5 Å². The molecule has 1 heterocycles. The summed E-state index contributed by atoms with van der Waals surface area (Å²) in [4.78, 5) is 50.2. The number of thioether (sulfide) groups is 2. The monoisotopic (exact) mass is 511 g/mol. The molecule has 0 spiro atoms. The molecule has 1 fully saturated rings. The highest BCUT2D eigenvalue weighted by molar-refractivity contribution is 8.03. The van der Waals surface area contributed by atoms with Crippen molar-refractivity contribution in [1.29, 1.82) is 0 Å². The van der Waals surface area contributed by atoms with E-state index in [1.807, 2.05) is 13.8 Å². The van der Waals surface area contributed by atoms with Crippen LogP contribution in [-0.4, -0.2) is 74.9 Å². The van der Waals surface area contributed by atoms with Crippen molar-refractivity contribution in [3.63, 3.8) is 0 Å². The summed E-state index contributed by atoms with van der Waals surface area (Å²) in [7, 11) is 0. The second-order valence-corrected chi connectivity index (χ2v) is 11.5. The predicted molar refractivity (Wildman–Crippen MR) is 134 cm³/mol. The Morgan fingerprint density at radius 2 is 1.82 bits per heavy atom. The smallest absolute Gasteiger partial charge is 0.244 e. The summed E-state index contributed by atoms with van der Waals surface area (Å²) in [6.07, 6.45) is 0.229. The van der Waals surface area contributed by atoms with E-state index < -0.39 is 52.5 Å². The Morgan fingerprint density at radius 1 is 1.18 bits per heavy atom. The lowest BCUT2D eigenvalue weighted by atomic mass is 10.0. The van der Waals surface area contributed by atoms with Gasteiger partial charge in [0.15, 0.2) is 0 Å². The predicted octanol–water partition coefficient (Wildman–Crippen LogP) is -0.520. The van der Waals surface area contributed by atoms with Crippen molar-refractivity contribution in [2.45, 2.75) is 56.1 Å². The molecular weight excluding hydrogens is 478 g/mol. The number of aromatic hydroxyl groups is 1. The van der Waals surface area contributed by atoms with E-state index in [4.69, 9.17) is 11.5 Å². The molecule has 1 aliphatic rings. The Balaban J connectivity index is 2.10. The van der Waals surface area contributed by atoms with Crippen LogP contribution in [0.2, 0.25) is 0 Å². The first-order chi connectivity index (χ1) is 15.9. The van der Waals surface area contributed by atoms with E-state index in [0.717, 1.165) is 5.56 Å². The van der Waals surface area contributed by atoms with Crippen LogP contribution in [0.3, 0.4) is 0 Å². The van der Waals surface area contributed by atoms with Crippen molar-refractivity contribution in [3.8, 4) is 5.75 Å². The fraction of sp³-hybridized carbons (Fsp3) is 0.545. The normalized spacial score (nSPS) is 24.9. The average Bonchev–Trinajstić information content (AvgIpc) is 2.76. The molecule has 12 heteroatoms. The van der Waals surface area contributed by atoms with Crippen LogP contribution in [0.5, 0.6) is 5.75 Å². The fourth-order valence-electron chi connectivity index (χ4n) is 3.32. The van der Waals surface area contributed by atoms with Gasteiger partial charge in [0.05, 0.1) is 6.04 Å². The Hall–Kier alpha value is -2.44. The van der Waals surface area contributed by atoms with Crippen molar-refractivity contribution < 1.29 is 24.3 Å². The molecule has 188 valence electrons. The van der Waals surface area contributed by atoms with Gasteiger partial charge in [-0.15, -0.1) is 0 Å². The summed E-state index contributed by atoms with van der Waals surface area (Å²) in [6.45, 7) is 5.16. The van der Waals surface area contributed by atoms with E-state index >= 15 is 0 Å². The molecule has 2 rings (SSSR count). The Kier molecular flexibility index (Phi) is 10.1. The van der Waals surface area contributed by atoms with Crippen molar-refractivity contribution in [2.24, 2.45) is 11.5 Å². The maximum Gasteiger partial charge on any atom is 0.244 e. The molecule has 4 atom stereocenters. The Labute approximate surface area is 207 Å². The van der Waals surface area contributed by atoms with Gasteiger partial charge in [-0.25, -0.2) is 0 Å². The van der Waals surface area contributed by atoms with Crippen LogP contribution in [-0.2, 0) is 25.6 Å². The number of hydrogen-bond donors (Lipinski definition) is 6. The number of nitrogens with two attached hydrogens (primary N) is 2. The summed E-state index contributed by atoms with van der Waals surface area (Å²) in [5.74, 6) is -0.523. The van der Waals surface area contributed by atoms with Gasteiger partial charge in [0.2, 0.25) is 23.6 Å². The molecule has 1 saturated heterocycles. The summed E-state index contributed by atoms with van der Waals surface area (Å²) >= 11 is 2.97. The lowest BCUT2D eigenvalue weighted by Crippen LogP contribution is -2.60. The highest BCUT2D eigenvalue weighted by Gasteiger charge is 2.37. The maximum atomic E-state index is 12.9. The van der Waals surface area contributed by atoms with Gasteiger partial charge in [0.1, 0.15) is 23.9 Å². The van der Waals surface area contributed by atoms with Crippen LogP contribution in [0.4, 0.5) is 0 Å². The fourth-order valence-corrected chi connectivity index (χ4v) is 5.63. The number of nitrogens with one attached hydrogen (secondary N) is 3. The average molecular weight is 512 g/mol. The minimum Gasteiger partial charge on any atom is -0.508 e. The molecule has 0 bridgehead atoms. The molecule has 0 saturated carbocycles. The molecule has 0 aliphatic carbocycles. The molecule has 0 unspecified atom stereocenters. The highest BCUT2D eigenvalue weighted by atomic mass is 32.2. The van der Waals surface area contributed by atoms with Crippen LogP contribution < -0.4 is 27.4 Å². The number of amides is 4. The number of phenolic OH excluding ortho intramolecular Hbond substituents is 1. The third-order valence-corrected chi connectivity index (χ3v) is 8.07. The molecule has 1 aromatic rings. The van der Waals surface area contributed by atoms with Crippen LogP contribution >= 0.6 is 23.5 Å². The third kappa shape index (κ3) is 8.10. The zero-order chi connectivity index (χ0) is 25.5. The zero-order valence-electron chi connectivity index (χ0n) is 19.5. The van der Waals surface area contributed by atoms with Gasteiger partial charge in [-0.3, -0.25) is 19.2 Å². The highest BCUT2D eigenvalue weighted by Crippen LogP contribution is 2.29. The van der Waals surface area contributed by atoms with E-state index in [1.54, 1.807) is 12.1 Å². The van der Waals surface area contributed by atoms with Gasteiger partial charge in [-0.05, 0) is 44.9 Å². The van der Waals surface area contributed by atoms with Gasteiger partial charge >= 0.3 is 0 Å². The SMILES string of the molecule is C[C@@H]1NC(=O)[C@H](NC(=O)[C@@H](N)Cc2ccc(O)cc2)CSCCSC(C)(C)[C@H](C(N)=O)NC1=O. The molecule has 1 aromatic carbocycles. The van der Waals surface area contributed by atoms with E-state index in [1.165, 1.54) is 42.6 Å². The van der Waals surface area contributed by atoms with E-state index in [0.29, 0.717) is 11.5 Å². The van der Waals surface area contributed by atoms with Gasteiger partial charge in [-0.1, -0.05) is 12.1 Å². The van der Waals surface area contributed by atoms with Gasteiger partial charge in [-0.2, -0.15) is 23.5 Å². The molecule has 1 aliphatic heterocycles. The molecular formula is C22H33N5O5S2. The lowest BCUT2D eigenvalue weighted by molar-refractivity contribution is -0.133. The summed E-state index contributed by atoms with van der Waals surface area (Å²) < 4.78 is -0.644. The second kappa shape index (κ2) is 12.3. The molecule has 4 amide bonds. The Bertz CT molecular complexity index is 896. The first-order valence-electron chi connectivity index (χ1n) is 10.9. The van der Waals surface area contributed by atoms with Crippen molar-refractivity contribution in [3.05, 3.63) is 29.8 Å². The molecule has 0 aromatic heterocycles. The number of primary amides is 1. The van der Waals surface area contributed by atoms with E-state index in [-0.39, 0.29) is 17.9 Å². The minimum atomic E-state index is -0.953. The van der Waals surface area contributed by atoms with Gasteiger partial charge in [0.25, 0.3) is 0 Å². The maximum absolute atomic E-state index is 12.9. The molecule has 10 nitrogen and oxygen atoms in total. The van der Waals surface area contributed by atoms with Crippen molar-refractivity contribution >= 4 is 47.2 Å². The Morgan fingerprint density at radius 3 is 2.44 bits per heavy atom. The topological polar surface area (TPSA) is 177 Å². The van der Waals surface area contributed by atoms with Crippen molar-refractivity contribution in [2.75, 3.05) is 17.3 Å². The molecule has 8 N–H and O–H groups in total. The lowest BCUT2D eigenvalue weighted by Gasteiger charge is -2.33. The zero-order valence-corrected chi connectivity index (χ0v) is 21.1. The summed E-state index contributed by atoms with van der Waals surface area (Å²) in [5, 5.41) is 17.3. The quantitative estimate of drug-likeness (QED) is 0.306. The third-order valence-electron chi connectivity index (χ3n) is 5.37. The number of carbonyl (C=O) groups is 4. The minimum absolute atomic E-state index is 0.112. The van der Waals surface area contributed by atoms with E-state index in [9.17, 15) is 24.3 Å². The number of rotatable bonds is 5. The van der Waals surface area contributed by atoms with Gasteiger partial charge in [0, 0.05) is 22.0 Å². The first kappa shape index (κ1) is 27.8. The summed E-state index contributed by atoms with van der Waals surface area (Å²) in [5.41, 5.74) is 12.3. The summed E-state index contributed by atoms with van der Waals surface area (Å²) in [6, 6.07) is 2.69. The van der Waals surface area contributed by atoms with Crippen LogP contribution in [0.15, 0.2) is 24.3 Å². The van der Waals surface area contributed by atoms with Crippen LogP contribution in [0.1, 0.15) is 26.3 Å². The number of benzene rings is 1. The number of carbonyl (C=O) groups excluding carboxylic acids is 4. The standard InChI is InChI=1S/C22H33N5O5S2/c1-12-19(30)27-17(18(24)29)22(2,3)34-9-8-33-11-16(21(32)25-12)26-20(31)15(23)10-13-4-6-14(28)7-5-13/h4-7,12,15-17,28H,8-11,23H2,1-3H3,(H2,24,29)(H,25,32)(H,26,31)(H,27,30)/t12-,15-,16+,17-/m0/s1. The van der Waals surface area contributed by atoms with Crippen LogP contribution in [0.25, 0.3) is 0 Å². The molecule has 0 radical (unpaired) electrons. The number of phenols is 1. The number of hydrogen-bond acceptors (Lipinski definition) is 8. The largest absolute Gasteiger partial charge is 0.508 e.